The van der Waals surface area contributed by atoms with Crippen molar-refractivity contribution >= 4 is 11.9 Å². The van der Waals surface area contributed by atoms with Gasteiger partial charge in [0.15, 0.2) is 0 Å². The first-order valence-electron chi connectivity index (χ1n) is 5.22. The molecule has 0 fully saturated rings. The highest BCUT2D eigenvalue weighted by atomic mass is 16.4. The highest BCUT2D eigenvalue weighted by molar-refractivity contribution is 5.92. The van der Waals surface area contributed by atoms with E-state index in [0.717, 1.165) is 0 Å². The normalized spacial score (nSPS) is 12.1. The number of aromatic nitrogens is 1. The monoisotopic (exact) mass is 224 g/mol. The fraction of sp³-hybridized carbons (Fsp3) is 0.455. The molecule has 1 aromatic rings. The van der Waals surface area contributed by atoms with E-state index < -0.39 is 5.97 Å². The quantitative estimate of drug-likeness (QED) is 0.792. The van der Waals surface area contributed by atoms with Gasteiger partial charge >= 0.3 is 5.97 Å². The Morgan fingerprint density at radius 2 is 2.25 bits per heavy atom. The first-order chi connectivity index (χ1) is 7.56. The van der Waals surface area contributed by atoms with Crippen LogP contribution in [-0.2, 0) is 4.79 Å². The van der Waals surface area contributed by atoms with Crippen LogP contribution < -0.4 is 0 Å². The van der Waals surface area contributed by atoms with Gasteiger partial charge in [-0.3, -0.25) is 9.59 Å². The average Bonchev–Trinajstić information content (AvgIpc) is 2.69. The topological polar surface area (TPSA) is 73.4 Å². The number of H-pyrrole nitrogens is 1. The third-order valence-electron chi connectivity index (χ3n) is 2.43. The Kier molecular flexibility index (Phi) is 4.10. The second-order valence-corrected chi connectivity index (χ2v) is 3.62. The summed E-state index contributed by atoms with van der Waals surface area (Å²) in [7, 11) is 0. The number of hydrogen-bond donors (Lipinski definition) is 2. The number of amides is 1. The van der Waals surface area contributed by atoms with E-state index in [0.29, 0.717) is 12.2 Å². The molecule has 0 saturated heterocycles. The number of carboxylic acid groups (broad SMARTS) is 1. The van der Waals surface area contributed by atoms with Gasteiger partial charge in [-0.15, -0.1) is 0 Å². The minimum atomic E-state index is -0.898. The summed E-state index contributed by atoms with van der Waals surface area (Å²) < 4.78 is 0. The summed E-state index contributed by atoms with van der Waals surface area (Å²) in [6.45, 7) is 4.06. The fourth-order valence-electron chi connectivity index (χ4n) is 1.64. The van der Waals surface area contributed by atoms with Crippen LogP contribution in [0.3, 0.4) is 0 Å². The van der Waals surface area contributed by atoms with E-state index in [1.54, 1.807) is 30.2 Å². The van der Waals surface area contributed by atoms with Crippen molar-refractivity contribution in [2.24, 2.45) is 0 Å². The van der Waals surface area contributed by atoms with Crippen LogP contribution >= 0.6 is 0 Å². The maximum atomic E-state index is 12.0. The number of aliphatic carboxylic acids is 1. The third-order valence-corrected chi connectivity index (χ3v) is 2.43. The second kappa shape index (κ2) is 5.34. The van der Waals surface area contributed by atoms with Gasteiger partial charge in [0.2, 0.25) is 0 Å². The van der Waals surface area contributed by atoms with Crippen molar-refractivity contribution in [2.45, 2.75) is 26.3 Å². The maximum absolute atomic E-state index is 12.0. The molecule has 5 nitrogen and oxygen atoms in total. The smallest absolute Gasteiger partial charge is 0.305 e. The van der Waals surface area contributed by atoms with Crippen LogP contribution in [0.1, 0.15) is 30.8 Å². The molecule has 0 aliphatic carbocycles. The molecule has 1 rings (SSSR count). The van der Waals surface area contributed by atoms with Crippen LogP contribution in [0.5, 0.6) is 0 Å². The fourth-order valence-corrected chi connectivity index (χ4v) is 1.64. The maximum Gasteiger partial charge on any atom is 0.305 e. The molecule has 1 amide bonds. The van der Waals surface area contributed by atoms with Crippen LogP contribution in [0.2, 0.25) is 0 Å². The lowest BCUT2D eigenvalue weighted by atomic mass is 10.2. The summed E-state index contributed by atoms with van der Waals surface area (Å²) >= 11 is 0. The Morgan fingerprint density at radius 3 is 2.69 bits per heavy atom. The van der Waals surface area contributed by atoms with Crippen molar-refractivity contribution in [3.8, 4) is 0 Å². The Bertz CT molecular complexity index is 359. The van der Waals surface area contributed by atoms with Crippen LogP contribution in [0.4, 0.5) is 0 Å². The van der Waals surface area contributed by atoms with Crippen LogP contribution in [-0.4, -0.2) is 39.5 Å². The highest BCUT2D eigenvalue weighted by Gasteiger charge is 2.22. The lowest BCUT2D eigenvalue weighted by Crippen LogP contribution is -2.39. The van der Waals surface area contributed by atoms with Crippen LogP contribution in [0.25, 0.3) is 0 Å². The van der Waals surface area contributed by atoms with Gasteiger partial charge in [-0.2, -0.15) is 0 Å². The highest BCUT2D eigenvalue weighted by Crippen LogP contribution is 2.09. The minimum absolute atomic E-state index is 0.0414. The zero-order chi connectivity index (χ0) is 12.1. The molecule has 0 aliphatic rings. The van der Waals surface area contributed by atoms with E-state index in [1.165, 1.54) is 0 Å². The van der Waals surface area contributed by atoms with Crippen molar-refractivity contribution in [3.05, 3.63) is 24.0 Å². The molecule has 88 valence electrons. The molecular weight excluding hydrogens is 208 g/mol. The van der Waals surface area contributed by atoms with Crippen molar-refractivity contribution in [1.82, 2.24) is 9.88 Å². The first-order valence-corrected chi connectivity index (χ1v) is 5.22. The van der Waals surface area contributed by atoms with Crippen molar-refractivity contribution in [1.29, 1.82) is 0 Å². The van der Waals surface area contributed by atoms with Gasteiger partial charge in [0, 0.05) is 18.8 Å². The summed E-state index contributed by atoms with van der Waals surface area (Å²) in [5.74, 6) is -1.06. The van der Waals surface area contributed by atoms with Gasteiger partial charge in [-0.05, 0) is 26.0 Å². The predicted molar refractivity (Wildman–Crippen MR) is 59.2 cm³/mol. The number of carbonyl (C=O) groups excluding carboxylic acids is 1. The summed E-state index contributed by atoms with van der Waals surface area (Å²) in [5, 5.41) is 8.69. The van der Waals surface area contributed by atoms with Crippen LogP contribution in [0.15, 0.2) is 18.3 Å². The van der Waals surface area contributed by atoms with E-state index in [1.807, 2.05) is 6.92 Å². The SMILES string of the molecule is CCN(C(=O)c1ccc[nH]1)C(C)CC(=O)O. The van der Waals surface area contributed by atoms with Gasteiger partial charge in [0.1, 0.15) is 5.69 Å². The Labute approximate surface area is 94.1 Å². The standard InChI is InChI=1S/C11H16N2O3/c1-3-13(8(2)7-10(14)15)11(16)9-5-4-6-12-9/h4-6,8,12H,3,7H2,1-2H3,(H,14,15). The molecule has 1 aromatic heterocycles. The van der Waals surface area contributed by atoms with E-state index in [9.17, 15) is 9.59 Å². The summed E-state index contributed by atoms with van der Waals surface area (Å²) in [5.41, 5.74) is 0.485. The van der Waals surface area contributed by atoms with Gasteiger partial charge in [-0.1, -0.05) is 0 Å². The average molecular weight is 224 g/mol. The minimum Gasteiger partial charge on any atom is -0.481 e. The molecule has 1 unspecified atom stereocenters. The van der Waals surface area contributed by atoms with Gasteiger partial charge in [0.05, 0.1) is 6.42 Å². The molecule has 5 heteroatoms. The first kappa shape index (κ1) is 12.3. The molecular formula is C11H16N2O3. The molecule has 0 aliphatic heterocycles. The van der Waals surface area contributed by atoms with Gasteiger partial charge < -0.3 is 15.0 Å². The van der Waals surface area contributed by atoms with E-state index in [-0.39, 0.29) is 18.4 Å². The molecule has 0 saturated carbocycles. The largest absolute Gasteiger partial charge is 0.481 e. The Balaban J connectivity index is 2.74. The van der Waals surface area contributed by atoms with Gasteiger partial charge in [-0.25, -0.2) is 0 Å². The molecule has 0 spiro atoms. The Hall–Kier alpha value is -1.78. The van der Waals surface area contributed by atoms with Gasteiger partial charge in [0.25, 0.3) is 5.91 Å². The van der Waals surface area contributed by atoms with Crippen molar-refractivity contribution < 1.29 is 14.7 Å². The molecule has 0 bridgehead atoms. The third kappa shape index (κ3) is 2.85. The number of carbonyl (C=O) groups is 2. The lowest BCUT2D eigenvalue weighted by molar-refractivity contribution is -0.138. The lowest BCUT2D eigenvalue weighted by Gasteiger charge is -2.26. The summed E-state index contributed by atoms with van der Waals surface area (Å²) in [6.07, 6.45) is 1.63. The molecule has 16 heavy (non-hydrogen) atoms. The number of hydrogen-bond acceptors (Lipinski definition) is 2. The van der Waals surface area contributed by atoms with Crippen LogP contribution in [0, 0.1) is 0 Å². The molecule has 0 aromatic carbocycles. The number of nitrogens with one attached hydrogen (secondary N) is 1. The van der Waals surface area contributed by atoms with E-state index >= 15 is 0 Å². The number of aromatic amines is 1. The zero-order valence-electron chi connectivity index (χ0n) is 9.43. The number of nitrogens with zero attached hydrogens (tertiary/aromatic N) is 1. The summed E-state index contributed by atoms with van der Waals surface area (Å²) in [4.78, 5) is 26.9. The predicted octanol–water partition coefficient (Wildman–Crippen LogP) is 1.34. The zero-order valence-corrected chi connectivity index (χ0v) is 9.43. The molecule has 1 atom stereocenters. The molecule has 1 heterocycles. The molecule has 2 N–H and O–H groups in total. The molecule has 0 radical (unpaired) electrons. The van der Waals surface area contributed by atoms with Crippen molar-refractivity contribution in [2.75, 3.05) is 6.54 Å². The van der Waals surface area contributed by atoms with E-state index in [4.69, 9.17) is 5.11 Å². The Morgan fingerprint density at radius 1 is 1.56 bits per heavy atom. The van der Waals surface area contributed by atoms with E-state index in [2.05, 4.69) is 4.98 Å². The number of rotatable bonds is 5. The summed E-state index contributed by atoms with van der Waals surface area (Å²) in [6, 6.07) is 3.11. The second-order valence-electron chi connectivity index (χ2n) is 3.62. The number of carboxylic acids is 1. The van der Waals surface area contributed by atoms with Crippen molar-refractivity contribution in [3.63, 3.8) is 0 Å².